The van der Waals surface area contributed by atoms with Crippen LogP contribution in [0.15, 0.2) is 35.2 Å². The Morgan fingerprint density at radius 3 is 2.24 bits per heavy atom. The lowest BCUT2D eigenvalue weighted by Gasteiger charge is -2.20. The van der Waals surface area contributed by atoms with Crippen molar-refractivity contribution in [1.82, 2.24) is 4.31 Å². The van der Waals surface area contributed by atoms with Crippen LogP contribution in [0.2, 0.25) is 5.02 Å². The van der Waals surface area contributed by atoms with Gasteiger partial charge in [-0.1, -0.05) is 39.3 Å². The number of amides is 1. The van der Waals surface area contributed by atoms with Crippen molar-refractivity contribution in [3.8, 4) is 17.2 Å². The van der Waals surface area contributed by atoms with Gasteiger partial charge in [-0.15, -0.1) is 0 Å². The standard InChI is InChI=1S/C23H31ClN2O6S/c1-7-26(8-2)33(28,29)17-9-10-20(30-5)19(13-17)25-23(27)16-11-18(24)22(21(12-16)31-6)32-14-15(3)4/h9-13,15H,7-8,14H2,1-6H3,(H,25,27). The molecule has 0 bridgehead atoms. The Morgan fingerprint density at radius 1 is 1.06 bits per heavy atom. The van der Waals surface area contributed by atoms with Crippen LogP contribution in [0.1, 0.15) is 38.1 Å². The highest BCUT2D eigenvalue weighted by atomic mass is 35.5. The first-order valence-electron chi connectivity index (χ1n) is 10.6. The first kappa shape index (κ1) is 26.8. The highest BCUT2D eigenvalue weighted by Crippen LogP contribution is 2.37. The van der Waals surface area contributed by atoms with Crippen LogP contribution in [0.3, 0.4) is 0 Å². The number of carbonyl (C=O) groups is 1. The molecule has 0 aromatic heterocycles. The predicted octanol–water partition coefficient (Wildman–Crippen LogP) is 4.67. The van der Waals surface area contributed by atoms with Gasteiger partial charge in [0.15, 0.2) is 11.5 Å². The number of hydrogen-bond donors (Lipinski definition) is 1. The largest absolute Gasteiger partial charge is 0.495 e. The molecule has 0 heterocycles. The molecular formula is C23H31ClN2O6S. The summed E-state index contributed by atoms with van der Waals surface area (Å²) >= 11 is 6.36. The van der Waals surface area contributed by atoms with Crippen LogP contribution in [-0.2, 0) is 10.0 Å². The summed E-state index contributed by atoms with van der Waals surface area (Å²) < 4.78 is 43.5. The van der Waals surface area contributed by atoms with Crippen LogP contribution >= 0.6 is 11.6 Å². The molecule has 0 atom stereocenters. The zero-order valence-electron chi connectivity index (χ0n) is 19.8. The first-order valence-corrected chi connectivity index (χ1v) is 12.4. The Bertz CT molecular complexity index is 1080. The second-order valence-corrected chi connectivity index (χ2v) is 9.94. The molecule has 0 saturated carbocycles. The van der Waals surface area contributed by atoms with Gasteiger partial charge in [0, 0.05) is 18.7 Å². The number of anilines is 1. The summed E-state index contributed by atoms with van der Waals surface area (Å²) in [7, 11) is -0.823. The quantitative estimate of drug-likeness (QED) is 0.483. The summed E-state index contributed by atoms with van der Waals surface area (Å²) in [5.41, 5.74) is 0.429. The van der Waals surface area contributed by atoms with Crippen LogP contribution < -0.4 is 19.5 Å². The molecule has 1 amide bonds. The van der Waals surface area contributed by atoms with Crippen molar-refractivity contribution in [3.63, 3.8) is 0 Å². The molecule has 0 aliphatic heterocycles. The molecule has 8 nitrogen and oxygen atoms in total. The van der Waals surface area contributed by atoms with Crippen LogP contribution in [0.25, 0.3) is 0 Å². The Labute approximate surface area is 200 Å². The maximum absolute atomic E-state index is 13.0. The van der Waals surface area contributed by atoms with Gasteiger partial charge in [-0.25, -0.2) is 8.42 Å². The van der Waals surface area contributed by atoms with E-state index in [1.54, 1.807) is 13.8 Å². The van der Waals surface area contributed by atoms with Crippen molar-refractivity contribution in [2.75, 3.05) is 39.2 Å². The van der Waals surface area contributed by atoms with E-state index in [4.69, 9.17) is 25.8 Å². The van der Waals surface area contributed by atoms with Crippen molar-refractivity contribution >= 4 is 33.2 Å². The molecule has 0 spiro atoms. The average Bonchev–Trinajstić information content (AvgIpc) is 2.78. The molecule has 2 rings (SSSR count). The summed E-state index contributed by atoms with van der Waals surface area (Å²) in [6, 6.07) is 7.31. The molecule has 10 heteroatoms. The minimum absolute atomic E-state index is 0.0512. The number of nitrogens with zero attached hydrogens (tertiary/aromatic N) is 1. The summed E-state index contributed by atoms with van der Waals surface area (Å²) in [6.07, 6.45) is 0. The zero-order valence-corrected chi connectivity index (χ0v) is 21.3. The maximum atomic E-state index is 13.0. The van der Waals surface area contributed by atoms with Gasteiger partial charge >= 0.3 is 0 Å². The number of methoxy groups -OCH3 is 2. The lowest BCUT2D eigenvalue weighted by Crippen LogP contribution is -2.30. The Kier molecular flexibility index (Phi) is 9.39. The van der Waals surface area contributed by atoms with E-state index in [9.17, 15) is 13.2 Å². The number of sulfonamides is 1. The highest BCUT2D eigenvalue weighted by Gasteiger charge is 2.24. The van der Waals surface area contributed by atoms with E-state index < -0.39 is 15.9 Å². The van der Waals surface area contributed by atoms with Crippen molar-refractivity contribution in [1.29, 1.82) is 0 Å². The Morgan fingerprint density at radius 2 is 1.70 bits per heavy atom. The molecule has 0 radical (unpaired) electrons. The second kappa shape index (κ2) is 11.6. The van der Waals surface area contributed by atoms with E-state index in [0.717, 1.165) is 0 Å². The molecule has 2 aromatic carbocycles. The Hall–Kier alpha value is -2.49. The van der Waals surface area contributed by atoms with Gasteiger partial charge in [0.1, 0.15) is 5.75 Å². The van der Waals surface area contributed by atoms with Crippen LogP contribution in [0.5, 0.6) is 17.2 Å². The fourth-order valence-corrected chi connectivity index (χ4v) is 4.84. The van der Waals surface area contributed by atoms with Crippen LogP contribution in [0, 0.1) is 5.92 Å². The SMILES string of the molecule is CCN(CC)S(=O)(=O)c1ccc(OC)c(NC(=O)c2cc(Cl)c(OCC(C)C)c(OC)c2)c1. The van der Waals surface area contributed by atoms with Gasteiger partial charge in [-0.2, -0.15) is 4.31 Å². The van der Waals surface area contributed by atoms with E-state index >= 15 is 0 Å². The molecule has 0 unspecified atom stereocenters. The molecule has 1 N–H and O–H groups in total. The third kappa shape index (κ3) is 6.31. The monoisotopic (exact) mass is 498 g/mol. The van der Waals surface area contributed by atoms with E-state index in [1.165, 1.54) is 48.9 Å². The van der Waals surface area contributed by atoms with Crippen molar-refractivity contribution in [2.24, 2.45) is 5.92 Å². The van der Waals surface area contributed by atoms with Crippen LogP contribution in [0.4, 0.5) is 5.69 Å². The normalized spacial score (nSPS) is 11.5. The number of benzene rings is 2. The molecule has 33 heavy (non-hydrogen) atoms. The van der Waals surface area contributed by atoms with Crippen molar-refractivity contribution in [2.45, 2.75) is 32.6 Å². The minimum Gasteiger partial charge on any atom is -0.495 e. The number of nitrogens with one attached hydrogen (secondary N) is 1. The molecule has 0 fully saturated rings. The summed E-state index contributed by atoms with van der Waals surface area (Å²) in [5.74, 6) is 0.756. The fraction of sp³-hybridized carbons (Fsp3) is 0.435. The first-order chi connectivity index (χ1) is 15.6. The van der Waals surface area contributed by atoms with Gasteiger partial charge in [0.25, 0.3) is 5.91 Å². The zero-order chi connectivity index (χ0) is 24.8. The number of ether oxygens (including phenoxy) is 3. The van der Waals surface area contributed by atoms with Gasteiger partial charge in [-0.05, 0) is 36.2 Å². The van der Waals surface area contributed by atoms with Crippen LogP contribution in [-0.4, -0.2) is 52.5 Å². The lowest BCUT2D eigenvalue weighted by molar-refractivity contribution is 0.102. The minimum atomic E-state index is -3.72. The molecular weight excluding hydrogens is 468 g/mol. The fourth-order valence-electron chi connectivity index (χ4n) is 3.09. The van der Waals surface area contributed by atoms with Gasteiger partial charge in [0.05, 0.1) is 36.4 Å². The number of hydrogen-bond acceptors (Lipinski definition) is 6. The molecule has 0 aliphatic carbocycles. The van der Waals surface area contributed by atoms with Gasteiger partial charge < -0.3 is 19.5 Å². The lowest BCUT2D eigenvalue weighted by atomic mass is 10.1. The maximum Gasteiger partial charge on any atom is 0.255 e. The molecule has 0 aliphatic rings. The van der Waals surface area contributed by atoms with Crippen molar-refractivity contribution in [3.05, 3.63) is 40.9 Å². The van der Waals surface area contributed by atoms with Gasteiger partial charge in [0.2, 0.25) is 10.0 Å². The van der Waals surface area contributed by atoms with Gasteiger partial charge in [-0.3, -0.25) is 4.79 Å². The third-order valence-corrected chi connectivity index (χ3v) is 7.14. The summed E-state index contributed by atoms with van der Waals surface area (Å²) in [5, 5.41) is 2.94. The Balaban J connectivity index is 2.41. The van der Waals surface area contributed by atoms with E-state index in [2.05, 4.69) is 5.32 Å². The highest BCUT2D eigenvalue weighted by molar-refractivity contribution is 7.89. The third-order valence-electron chi connectivity index (χ3n) is 4.81. The van der Waals surface area contributed by atoms with E-state index in [0.29, 0.717) is 36.9 Å². The average molecular weight is 499 g/mol. The predicted molar refractivity (Wildman–Crippen MR) is 129 cm³/mol. The van der Waals surface area contributed by atoms with E-state index in [1.807, 2.05) is 13.8 Å². The number of rotatable bonds is 11. The molecule has 0 saturated heterocycles. The molecule has 2 aromatic rings. The number of carbonyl (C=O) groups excluding carboxylic acids is 1. The van der Waals surface area contributed by atoms with Crippen molar-refractivity contribution < 1.29 is 27.4 Å². The second-order valence-electron chi connectivity index (χ2n) is 7.60. The summed E-state index contributed by atoms with van der Waals surface area (Å²) in [4.78, 5) is 13.1. The topological polar surface area (TPSA) is 94.2 Å². The smallest absolute Gasteiger partial charge is 0.255 e. The number of halogens is 1. The molecule has 182 valence electrons. The summed E-state index contributed by atoms with van der Waals surface area (Å²) in [6.45, 7) is 8.63. The van der Waals surface area contributed by atoms with E-state index in [-0.39, 0.29) is 27.1 Å².